The third-order valence-corrected chi connectivity index (χ3v) is 4.29. The maximum absolute atomic E-state index is 12.3. The number of carbonyl (C=O) groups is 2. The zero-order chi connectivity index (χ0) is 19.3. The molecule has 0 aliphatic heterocycles. The Labute approximate surface area is 160 Å². The van der Waals surface area contributed by atoms with Crippen molar-refractivity contribution in [3.8, 4) is 11.5 Å². The van der Waals surface area contributed by atoms with Crippen molar-refractivity contribution in [2.24, 2.45) is 0 Å². The van der Waals surface area contributed by atoms with Gasteiger partial charge in [0.1, 0.15) is 0 Å². The van der Waals surface area contributed by atoms with E-state index in [1.165, 1.54) is 32.4 Å². The van der Waals surface area contributed by atoms with E-state index in [4.69, 9.17) is 32.7 Å². The minimum absolute atomic E-state index is 0.245. The fraction of sp³-hybridized carbons (Fsp3) is 0.222. The van der Waals surface area contributed by atoms with Gasteiger partial charge in [0.2, 0.25) is 0 Å². The van der Waals surface area contributed by atoms with E-state index in [-0.39, 0.29) is 5.02 Å². The molecule has 0 heterocycles. The molecule has 2 aromatic carbocycles. The van der Waals surface area contributed by atoms with Gasteiger partial charge in [0.05, 0.1) is 35.5 Å². The molecule has 0 aliphatic carbocycles. The molecule has 0 spiro atoms. The topological polar surface area (TPSA) is 73.9 Å². The number of anilines is 1. The fourth-order valence-corrected chi connectivity index (χ4v) is 2.44. The summed E-state index contributed by atoms with van der Waals surface area (Å²) >= 11 is 12.0. The Morgan fingerprint density at radius 1 is 1.08 bits per heavy atom. The Morgan fingerprint density at radius 3 is 2.46 bits per heavy atom. The Kier molecular flexibility index (Phi) is 6.71. The first-order valence-corrected chi connectivity index (χ1v) is 8.30. The van der Waals surface area contributed by atoms with E-state index < -0.39 is 18.0 Å². The number of hydrogen-bond acceptors (Lipinski definition) is 5. The largest absolute Gasteiger partial charge is 0.493 e. The standard InChI is InChI=1S/C18H17Cl2NO5/c1-10(17(22)21-13-6-4-5-12(19)16(13)20)26-14-8-7-11(18(23)25-3)9-15(14)24-2/h4-10H,1-3H3,(H,21,22)/t10-/m1/s1. The summed E-state index contributed by atoms with van der Waals surface area (Å²) in [5.41, 5.74) is 0.687. The number of carbonyl (C=O) groups excluding carboxylic acids is 2. The Balaban J connectivity index is 2.13. The number of hydrogen-bond donors (Lipinski definition) is 1. The van der Waals surface area contributed by atoms with Gasteiger partial charge in [-0.05, 0) is 37.3 Å². The molecule has 2 aromatic rings. The van der Waals surface area contributed by atoms with Gasteiger partial charge in [-0.25, -0.2) is 4.79 Å². The lowest BCUT2D eigenvalue weighted by Gasteiger charge is -2.17. The normalized spacial score (nSPS) is 11.4. The van der Waals surface area contributed by atoms with Crippen LogP contribution in [0.15, 0.2) is 36.4 Å². The predicted octanol–water partition coefficient (Wildman–Crippen LogP) is 4.19. The zero-order valence-electron chi connectivity index (χ0n) is 14.3. The summed E-state index contributed by atoms with van der Waals surface area (Å²) < 4.78 is 15.5. The van der Waals surface area contributed by atoms with E-state index in [1.807, 2.05) is 0 Å². The summed E-state index contributed by atoms with van der Waals surface area (Å²) in [5.74, 6) is -0.321. The van der Waals surface area contributed by atoms with Gasteiger partial charge in [-0.2, -0.15) is 0 Å². The van der Waals surface area contributed by atoms with Gasteiger partial charge in [0.25, 0.3) is 5.91 Å². The van der Waals surface area contributed by atoms with Gasteiger partial charge in [0, 0.05) is 0 Å². The van der Waals surface area contributed by atoms with Gasteiger partial charge in [-0.15, -0.1) is 0 Å². The third kappa shape index (κ3) is 4.59. The lowest BCUT2D eigenvalue weighted by molar-refractivity contribution is -0.122. The first kappa shape index (κ1) is 19.9. The highest BCUT2D eigenvalue weighted by Gasteiger charge is 2.19. The zero-order valence-corrected chi connectivity index (χ0v) is 15.9. The first-order chi connectivity index (χ1) is 12.4. The molecule has 0 aromatic heterocycles. The van der Waals surface area contributed by atoms with Crippen LogP contribution in [0.25, 0.3) is 0 Å². The molecule has 8 heteroatoms. The van der Waals surface area contributed by atoms with Crippen LogP contribution < -0.4 is 14.8 Å². The summed E-state index contributed by atoms with van der Waals surface area (Å²) in [7, 11) is 2.71. The highest BCUT2D eigenvalue weighted by atomic mass is 35.5. The van der Waals surface area contributed by atoms with Crippen LogP contribution in [0.1, 0.15) is 17.3 Å². The van der Waals surface area contributed by atoms with E-state index >= 15 is 0 Å². The molecular formula is C18H17Cl2NO5. The van der Waals surface area contributed by atoms with E-state index in [0.29, 0.717) is 27.8 Å². The van der Waals surface area contributed by atoms with Crippen LogP contribution in [-0.2, 0) is 9.53 Å². The number of rotatable bonds is 6. The molecule has 0 unspecified atom stereocenters. The minimum atomic E-state index is -0.858. The van der Waals surface area contributed by atoms with Gasteiger partial charge in [-0.1, -0.05) is 29.3 Å². The average Bonchev–Trinajstić information content (AvgIpc) is 2.64. The number of amides is 1. The van der Waals surface area contributed by atoms with Gasteiger partial charge >= 0.3 is 5.97 Å². The van der Waals surface area contributed by atoms with E-state index in [1.54, 1.807) is 25.1 Å². The van der Waals surface area contributed by atoms with Crippen molar-refractivity contribution >= 4 is 40.8 Å². The van der Waals surface area contributed by atoms with Crippen molar-refractivity contribution in [3.05, 3.63) is 52.0 Å². The number of esters is 1. The van der Waals surface area contributed by atoms with E-state index in [0.717, 1.165) is 0 Å². The molecular weight excluding hydrogens is 381 g/mol. The Hall–Kier alpha value is -2.44. The van der Waals surface area contributed by atoms with Crippen molar-refractivity contribution in [2.45, 2.75) is 13.0 Å². The SMILES string of the molecule is COC(=O)c1ccc(O[C@H](C)C(=O)Nc2cccc(Cl)c2Cl)c(OC)c1. The summed E-state index contributed by atoms with van der Waals surface area (Å²) in [6.07, 6.45) is -0.858. The highest BCUT2D eigenvalue weighted by molar-refractivity contribution is 6.44. The average molecular weight is 398 g/mol. The second kappa shape index (κ2) is 8.78. The molecule has 0 aliphatic rings. The highest BCUT2D eigenvalue weighted by Crippen LogP contribution is 2.31. The van der Waals surface area contributed by atoms with Crippen LogP contribution >= 0.6 is 23.2 Å². The molecule has 0 saturated heterocycles. The third-order valence-electron chi connectivity index (χ3n) is 3.47. The lowest BCUT2D eigenvalue weighted by Crippen LogP contribution is -2.30. The quantitative estimate of drug-likeness (QED) is 0.739. The van der Waals surface area contributed by atoms with Crippen molar-refractivity contribution in [3.63, 3.8) is 0 Å². The Morgan fingerprint density at radius 2 is 1.81 bits per heavy atom. The monoisotopic (exact) mass is 397 g/mol. The summed E-state index contributed by atoms with van der Waals surface area (Å²) in [6.45, 7) is 1.57. The molecule has 138 valence electrons. The molecule has 0 saturated carbocycles. The van der Waals surface area contributed by atoms with Crippen molar-refractivity contribution in [2.75, 3.05) is 19.5 Å². The molecule has 1 amide bonds. The Bertz CT molecular complexity index is 825. The number of benzene rings is 2. The smallest absolute Gasteiger partial charge is 0.337 e. The maximum Gasteiger partial charge on any atom is 0.337 e. The molecule has 0 radical (unpaired) electrons. The molecule has 1 atom stereocenters. The molecule has 26 heavy (non-hydrogen) atoms. The van der Waals surface area contributed by atoms with Crippen molar-refractivity contribution in [1.82, 2.24) is 0 Å². The summed E-state index contributed by atoms with van der Waals surface area (Å²) in [4.78, 5) is 23.9. The molecule has 6 nitrogen and oxygen atoms in total. The second-order valence-electron chi connectivity index (χ2n) is 5.21. The summed E-state index contributed by atoms with van der Waals surface area (Å²) in [6, 6.07) is 9.44. The van der Waals surface area contributed by atoms with Crippen LogP contribution in [0.3, 0.4) is 0 Å². The van der Waals surface area contributed by atoms with Gasteiger partial charge < -0.3 is 19.5 Å². The number of halogens is 2. The fourth-order valence-electron chi connectivity index (χ4n) is 2.09. The number of ether oxygens (including phenoxy) is 3. The maximum atomic E-state index is 12.3. The van der Waals surface area contributed by atoms with E-state index in [9.17, 15) is 9.59 Å². The van der Waals surface area contributed by atoms with Crippen LogP contribution in [-0.4, -0.2) is 32.2 Å². The number of methoxy groups -OCH3 is 2. The first-order valence-electron chi connectivity index (χ1n) is 7.55. The van der Waals surface area contributed by atoms with Crippen molar-refractivity contribution < 1.29 is 23.8 Å². The summed E-state index contributed by atoms with van der Waals surface area (Å²) in [5, 5.41) is 3.23. The van der Waals surface area contributed by atoms with Crippen LogP contribution in [0.2, 0.25) is 10.0 Å². The van der Waals surface area contributed by atoms with Gasteiger partial charge in [-0.3, -0.25) is 4.79 Å². The van der Waals surface area contributed by atoms with Crippen LogP contribution in [0, 0.1) is 0 Å². The van der Waals surface area contributed by atoms with Crippen molar-refractivity contribution in [1.29, 1.82) is 0 Å². The molecule has 1 N–H and O–H groups in total. The van der Waals surface area contributed by atoms with Crippen LogP contribution in [0.4, 0.5) is 5.69 Å². The second-order valence-corrected chi connectivity index (χ2v) is 5.99. The molecule has 0 bridgehead atoms. The predicted molar refractivity (Wildman–Crippen MR) is 99.5 cm³/mol. The van der Waals surface area contributed by atoms with Crippen LogP contribution in [0.5, 0.6) is 11.5 Å². The lowest BCUT2D eigenvalue weighted by atomic mass is 10.2. The number of nitrogens with one attached hydrogen (secondary N) is 1. The molecule has 2 rings (SSSR count). The molecule has 0 fully saturated rings. The van der Waals surface area contributed by atoms with E-state index in [2.05, 4.69) is 10.1 Å². The minimum Gasteiger partial charge on any atom is -0.493 e. The van der Waals surface area contributed by atoms with Gasteiger partial charge in [0.15, 0.2) is 17.6 Å².